The fourth-order valence-corrected chi connectivity index (χ4v) is 2.28. The summed E-state index contributed by atoms with van der Waals surface area (Å²) in [5.74, 6) is 0. The van der Waals surface area contributed by atoms with Gasteiger partial charge in [0.2, 0.25) is 0 Å². The van der Waals surface area contributed by atoms with E-state index in [4.69, 9.17) is 0 Å². The number of hydrogen-bond acceptors (Lipinski definition) is 2. The molecule has 0 saturated carbocycles. The lowest BCUT2D eigenvalue weighted by Crippen LogP contribution is -2.06. The van der Waals surface area contributed by atoms with Gasteiger partial charge in [0.25, 0.3) is 0 Å². The molecular formula is C17H16N2. The zero-order chi connectivity index (χ0) is 13.1. The van der Waals surface area contributed by atoms with Crippen LogP contribution in [-0.2, 0) is 0 Å². The van der Waals surface area contributed by atoms with Crippen molar-refractivity contribution in [1.82, 2.24) is 4.98 Å². The third-order valence-corrected chi connectivity index (χ3v) is 3.32. The van der Waals surface area contributed by atoms with Crippen LogP contribution in [0.5, 0.6) is 0 Å². The summed E-state index contributed by atoms with van der Waals surface area (Å²) in [7, 11) is 0. The number of hydrogen-bond donors (Lipinski definition) is 1. The lowest BCUT2D eigenvalue weighted by molar-refractivity contribution is 0.886. The number of fused-ring (bicyclic) bond motifs is 1. The van der Waals surface area contributed by atoms with Gasteiger partial charge < -0.3 is 5.32 Å². The zero-order valence-corrected chi connectivity index (χ0v) is 10.9. The molecule has 0 aliphatic carbocycles. The molecule has 1 atom stereocenters. The molecule has 0 spiro atoms. The monoisotopic (exact) mass is 248 g/mol. The molecule has 1 aromatic heterocycles. The van der Waals surface area contributed by atoms with Crippen molar-refractivity contribution in [2.24, 2.45) is 0 Å². The van der Waals surface area contributed by atoms with Crippen molar-refractivity contribution in [3.05, 3.63) is 72.4 Å². The molecule has 19 heavy (non-hydrogen) atoms. The Morgan fingerprint density at radius 1 is 0.895 bits per heavy atom. The van der Waals surface area contributed by atoms with Gasteiger partial charge in [-0.1, -0.05) is 48.5 Å². The average Bonchev–Trinajstić information content (AvgIpc) is 2.48. The molecule has 94 valence electrons. The first-order valence-corrected chi connectivity index (χ1v) is 6.50. The first-order chi connectivity index (χ1) is 9.34. The number of nitrogens with zero attached hydrogens (tertiary/aromatic N) is 1. The molecule has 0 fully saturated rings. The maximum absolute atomic E-state index is 4.38. The van der Waals surface area contributed by atoms with Crippen LogP contribution >= 0.6 is 0 Å². The van der Waals surface area contributed by atoms with Crippen LogP contribution in [0.2, 0.25) is 0 Å². The van der Waals surface area contributed by atoms with Crippen molar-refractivity contribution in [2.75, 3.05) is 5.32 Å². The Morgan fingerprint density at radius 2 is 1.63 bits per heavy atom. The molecule has 0 aliphatic rings. The van der Waals surface area contributed by atoms with Crippen LogP contribution in [0, 0.1) is 0 Å². The molecule has 1 heterocycles. The predicted molar refractivity (Wildman–Crippen MR) is 80.2 cm³/mol. The van der Waals surface area contributed by atoms with E-state index in [-0.39, 0.29) is 6.04 Å². The largest absolute Gasteiger partial charge is 0.378 e. The second-order valence-electron chi connectivity index (χ2n) is 4.65. The van der Waals surface area contributed by atoms with E-state index in [1.54, 1.807) is 0 Å². The van der Waals surface area contributed by atoms with Gasteiger partial charge in [-0.2, -0.15) is 0 Å². The van der Waals surface area contributed by atoms with E-state index in [2.05, 4.69) is 47.6 Å². The molecule has 3 aromatic rings. The minimum absolute atomic E-state index is 0.270. The second-order valence-corrected chi connectivity index (χ2v) is 4.65. The highest BCUT2D eigenvalue weighted by atomic mass is 14.9. The van der Waals surface area contributed by atoms with Crippen molar-refractivity contribution >= 4 is 16.6 Å². The van der Waals surface area contributed by atoms with E-state index in [1.165, 1.54) is 5.56 Å². The van der Waals surface area contributed by atoms with Crippen molar-refractivity contribution in [2.45, 2.75) is 13.0 Å². The highest BCUT2D eigenvalue weighted by Gasteiger charge is 2.07. The number of nitrogens with one attached hydrogen (secondary N) is 1. The van der Waals surface area contributed by atoms with Crippen molar-refractivity contribution in [3.63, 3.8) is 0 Å². The van der Waals surface area contributed by atoms with E-state index >= 15 is 0 Å². The molecule has 0 unspecified atom stereocenters. The molecule has 0 amide bonds. The first-order valence-electron chi connectivity index (χ1n) is 6.50. The smallest absolute Gasteiger partial charge is 0.0722 e. The summed E-state index contributed by atoms with van der Waals surface area (Å²) in [6, 6.07) is 20.9. The molecule has 2 nitrogen and oxygen atoms in total. The van der Waals surface area contributed by atoms with Gasteiger partial charge in [0, 0.05) is 23.3 Å². The summed E-state index contributed by atoms with van der Waals surface area (Å²) in [4.78, 5) is 4.38. The van der Waals surface area contributed by atoms with Crippen molar-refractivity contribution < 1.29 is 0 Å². The van der Waals surface area contributed by atoms with Crippen LogP contribution in [0.3, 0.4) is 0 Å². The van der Waals surface area contributed by atoms with Gasteiger partial charge in [-0.3, -0.25) is 4.98 Å². The van der Waals surface area contributed by atoms with Crippen LogP contribution in [0.4, 0.5) is 5.69 Å². The van der Waals surface area contributed by atoms with Gasteiger partial charge in [0.1, 0.15) is 0 Å². The number of aromatic nitrogens is 1. The first kappa shape index (κ1) is 11.7. The quantitative estimate of drug-likeness (QED) is 0.742. The zero-order valence-electron chi connectivity index (χ0n) is 10.9. The van der Waals surface area contributed by atoms with Gasteiger partial charge in [-0.25, -0.2) is 0 Å². The minimum Gasteiger partial charge on any atom is -0.378 e. The Bertz CT molecular complexity index is 672. The van der Waals surface area contributed by atoms with Crippen LogP contribution in [0.1, 0.15) is 18.5 Å². The fraction of sp³-hybridized carbons (Fsp3) is 0.118. The maximum atomic E-state index is 4.38. The Kier molecular flexibility index (Phi) is 3.15. The molecule has 1 N–H and O–H groups in total. The summed E-state index contributed by atoms with van der Waals surface area (Å²) < 4.78 is 0. The SMILES string of the molecule is C[C@H](Nc1ccnc2ccccc12)c1ccccc1. The molecule has 2 aromatic carbocycles. The van der Waals surface area contributed by atoms with Crippen LogP contribution in [0.15, 0.2) is 66.9 Å². The number of anilines is 1. The standard InChI is InChI=1S/C17H16N2/c1-13(14-7-3-2-4-8-14)19-17-11-12-18-16-10-6-5-9-15(16)17/h2-13H,1H3,(H,18,19)/t13-/m0/s1. The molecule has 3 rings (SSSR count). The Labute approximate surface area is 113 Å². The van der Waals surface area contributed by atoms with E-state index in [0.717, 1.165) is 16.6 Å². The van der Waals surface area contributed by atoms with Crippen molar-refractivity contribution in [3.8, 4) is 0 Å². The summed E-state index contributed by atoms with van der Waals surface area (Å²) in [5, 5.41) is 4.72. The normalized spacial score (nSPS) is 12.3. The topological polar surface area (TPSA) is 24.9 Å². The molecular weight excluding hydrogens is 232 g/mol. The van der Waals surface area contributed by atoms with Gasteiger partial charge in [0.15, 0.2) is 0 Å². The van der Waals surface area contributed by atoms with Crippen molar-refractivity contribution in [1.29, 1.82) is 0 Å². The number of benzene rings is 2. The van der Waals surface area contributed by atoms with Gasteiger partial charge in [-0.15, -0.1) is 0 Å². The number of rotatable bonds is 3. The second kappa shape index (κ2) is 5.11. The molecule has 0 aliphatic heterocycles. The summed E-state index contributed by atoms with van der Waals surface area (Å²) in [5.41, 5.74) is 3.43. The molecule has 0 bridgehead atoms. The van der Waals surface area contributed by atoms with Crippen LogP contribution in [0.25, 0.3) is 10.9 Å². The number of para-hydroxylation sites is 1. The van der Waals surface area contributed by atoms with Crippen LogP contribution in [-0.4, -0.2) is 4.98 Å². The highest BCUT2D eigenvalue weighted by molar-refractivity contribution is 5.90. The third-order valence-electron chi connectivity index (χ3n) is 3.32. The lowest BCUT2D eigenvalue weighted by Gasteiger charge is -2.17. The Balaban J connectivity index is 1.94. The number of pyridine rings is 1. The molecule has 0 radical (unpaired) electrons. The predicted octanol–water partition coefficient (Wildman–Crippen LogP) is 4.41. The van der Waals surface area contributed by atoms with Gasteiger partial charge in [-0.05, 0) is 24.6 Å². The van der Waals surface area contributed by atoms with Gasteiger partial charge in [0.05, 0.1) is 5.52 Å². The van der Waals surface area contributed by atoms with E-state index < -0.39 is 0 Å². The summed E-state index contributed by atoms with van der Waals surface area (Å²) in [6.07, 6.45) is 1.85. The Morgan fingerprint density at radius 3 is 2.47 bits per heavy atom. The maximum Gasteiger partial charge on any atom is 0.0722 e. The average molecular weight is 248 g/mol. The third kappa shape index (κ3) is 2.43. The summed E-state index contributed by atoms with van der Waals surface area (Å²) in [6.45, 7) is 2.17. The fourth-order valence-electron chi connectivity index (χ4n) is 2.28. The van der Waals surface area contributed by atoms with Gasteiger partial charge >= 0.3 is 0 Å². The highest BCUT2D eigenvalue weighted by Crippen LogP contribution is 2.25. The lowest BCUT2D eigenvalue weighted by atomic mass is 10.1. The van der Waals surface area contributed by atoms with E-state index in [9.17, 15) is 0 Å². The molecule has 0 saturated heterocycles. The van der Waals surface area contributed by atoms with E-state index in [1.807, 2.05) is 36.5 Å². The van der Waals surface area contributed by atoms with Crippen LogP contribution < -0.4 is 5.32 Å². The summed E-state index contributed by atoms with van der Waals surface area (Å²) >= 11 is 0. The van der Waals surface area contributed by atoms with E-state index in [0.29, 0.717) is 0 Å². The minimum atomic E-state index is 0.270. The Hall–Kier alpha value is -2.35. The molecule has 2 heteroatoms.